The van der Waals surface area contributed by atoms with Crippen LogP contribution in [-0.4, -0.2) is 42.4 Å². The van der Waals surface area contributed by atoms with E-state index in [9.17, 15) is 5.11 Å². The number of aliphatic hydroxyl groups excluding tert-OH is 1. The lowest BCUT2D eigenvalue weighted by Crippen LogP contribution is -2.34. The molecular weight excluding hydrogens is 234 g/mol. The number of ether oxygens (including phenoxy) is 1. The van der Waals surface area contributed by atoms with Crippen molar-refractivity contribution >= 4 is 11.8 Å². The number of para-hydroxylation sites is 1. The maximum Gasteiger partial charge on any atom is 0.119 e. The van der Waals surface area contributed by atoms with Gasteiger partial charge in [-0.15, -0.1) is 0 Å². The van der Waals surface area contributed by atoms with Gasteiger partial charge in [0, 0.05) is 18.3 Å². The van der Waals surface area contributed by atoms with Crippen molar-refractivity contribution in [3.63, 3.8) is 0 Å². The van der Waals surface area contributed by atoms with Gasteiger partial charge in [-0.2, -0.15) is 11.8 Å². The Morgan fingerprint density at radius 2 is 2.00 bits per heavy atom. The molecule has 0 amide bonds. The fourth-order valence-corrected chi connectivity index (χ4v) is 1.59. The lowest BCUT2D eigenvalue weighted by molar-refractivity contribution is 0.106. The van der Waals surface area contributed by atoms with Gasteiger partial charge in [-0.05, 0) is 18.4 Å². The van der Waals surface area contributed by atoms with Crippen LogP contribution in [0.5, 0.6) is 5.75 Å². The molecule has 3 nitrogen and oxygen atoms in total. The molecule has 2 atom stereocenters. The molecule has 0 aromatic heterocycles. The highest BCUT2D eigenvalue weighted by Crippen LogP contribution is 2.08. The van der Waals surface area contributed by atoms with E-state index >= 15 is 0 Å². The zero-order valence-electron chi connectivity index (χ0n) is 10.4. The number of thioether (sulfide) groups is 1. The molecule has 0 saturated carbocycles. The summed E-state index contributed by atoms with van der Waals surface area (Å²) >= 11 is 1.81. The Morgan fingerprint density at radius 3 is 2.65 bits per heavy atom. The minimum Gasteiger partial charge on any atom is -0.491 e. The van der Waals surface area contributed by atoms with Gasteiger partial charge in [0.05, 0.1) is 0 Å². The molecule has 0 heterocycles. The zero-order chi connectivity index (χ0) is 12.5. The normalized spacial score (nSPS) is 14.3. The van der Waals surface area contributed by atoms with Crippen LogP contribution in [-0.2, 0) is 0 Å². The molecule has 96 valence electrons. The van der Waals surface area contributed by atoms with Crippen LogP contribution in [0.1, 0.15) is 6.92 Å². The van der Waals surface area contributed by atoms with Gasteiger partial charge in [-0.25, -0.2) is 0 Å². The molecule has 0 aliphatic carbocycles. The van der Waals surface area contributed by atoms with E-state index < -0.39 is 6.10 Å². The van der Waals surface area contributed by atoms with E-state index in [0.29, 0.717) is 18.4 Å². The number of hydrogen-bond acceptors (Lipinski definition) is 4. The van der Waals surface area contributed by atoms with E-state index in [-0.39, 0.29) is 0 Å². The van der Waals surface area contributed by atoms with E-state index in [1.165, 1.54) is 0 Å². The summed E-state index contributed by atoms with van der Waals surface area (Å²) in [6, 6.07) is 9.54. The molecule has 0 radical (unpaired) electrons. The maximum absolute atomic E-state index is 9.70. The van der Waals surface area contributed by atoms with Gasteiger partial charge in [-0.1, -0.05) is 25.1 Å². The fraction of sp³-hybridized carbons (Fsp3) is 0.538. The van der Waals surface area contributed by atoms with Crippen molar-refractivity contribution in [1.29, 1.82) is 0 Å². The van der Waals surface area contributed by atoms with Crippen LogP contribution in [0.25, 0.3) is 0 Å². The van der Waals surface area contributed by atoms with Crippen LogP contribution in [0.2, 0.25) is 0 Å². The minimum atomic E-state index is -0.468. The highest BCUT2D eigenvalue weighted by atomic mass is 32.2. The molecule has 0 aliphatic heterocycles. The molecule has 1 aromatic rings. The summed E-state index contributed by atoms with van der Waals surface area (Å²) in [6.45, 7) is 3.95. The third-order valence-electron chi connectivity index (χ3n) is 2.40. The van der Waals surface area contributed by atoms with Gasteiger partial charge < -0.3 is 15.2 Å². The summed E-state index contributed by atoms with van der Waals surface area (Å²) in [6.07, 6.45) is 1.62. The molecule has 4 heteroatoms. The first-order valence-corrected chi connectivity index (χ1v) is 7.10. The summed E-state index contributed by atoms with van der Waals surface area (Å²) in [5, 5.41) is 13.5. The zero-order valence-corrected chi connectivity index (χ0v) is 11.2. The van der Waals surface area contributed by atoms with Crippen molar-refractivity contribution in [3.8, 4) is 5.75 Å². The van der Waals surface area contributed by atoms with Crippen LogP contribution < -0.4 is 10.1 Å². The second-order valence-corrected chi connectivity index (χ2v) is 5.26. The SMILES string of the molecule is CSC(C)CNCC(O)COc1ccccc1. The average molecular weight is 255 g/mol. The monoisotopic (exact) mass is 255 g/mol. The smallest absolute Gasteiger partial charge is 0.119 e. The Morgan fingerprint density at radius 1 is 1.29 bits per heavy atom. The first-order valence-electron chi connectivity index (χ1n) is 5.81. The van der Waals surface area contributed by atoms with Crippen molar-refractivity contribution in [3.05, 3.63) is 30.3 Å². The van der Waals surface area contributed by atoms with Gasteiger partial charge in [-0.3, -0.25) is 0 Å². The molecule has 2 N–H and O–H groups in total. The standard InChI is InChI=1S/C13H21NO2S/c1-11(17-2)8-14-9-12(15)10-16-13-6-4-3-5-7-13/h3-7,11-12,14-15H,8-10H2,1-2H3. The molecule has 2 unspecified atom stereocenters. The molecule has 1 rings (SSSR count). The summed E-state index contributed by atoms with van der Waals surface area (Å²) in [5.74, 6) is 0.795. The Balaban J connectivity index is 2.11. The van der Waals surface area contributed by atoms with E-state index in [1.54, 1.807) is 0 Å². The van der Waals surface area contributed by atoms with Gasteiger partial charge >= 0.3 is 0 Å². The Hall–Kier alpha value is -0.710. The van der Waals surface area contributed by atoms with Crippen LogP contribution in [0, 0.1) is 0 Å². The number of benzene rings is 1. The maximum atomic E-state index is 9.70. The lowest BCUT2D eigenvalue weighted by atomic mass is 10.3. The number of nitrogens with one attached hydrogen (secondary N) is 1. The predicted molar refractivity (Wildman–Crippen MR) is 73.8 cm³/mol. The van der Waals surface area contributed by atoms with Gasteiger partial charge in [0.2, 0.25) is 0 Å². The first-order chi connectivity index (χ1) is 8.22. The summed E-state index contributed by atoms with van der Waals surface area (Å²) < 4.78 is 5.46. The Labute approximate surface area is 108 Å². The molecule has 0 spiro atoms. The van der Waals surface area contributed by atoms with Crippen molar-refractivity contribution in [2.75, 3.05) is 26.0 Å². The average Bonchev–Trinajstić information content (AvgIpc) is 2.37. The first kappa shape index (κ1) is 14.4. The number of rotatable bonds is 8. The van der Waals surface area contributed by atoms with Crippen molar-refractivity contribution in [1.82, 2.24) is 5.32 Å². The summed E-state index contributed by atoms with van der Waals surface area (Å²) in [7, 11) is 0. The van der Waals surface area contributed by atoms with Gasteiger partial charge in [0.15, 0.2) is 0 Å². The van der Waals surface area contributed by atoms with E-state index in [2.05, 4.69) is 18.5 Å². The topological polar surface area (TPSA) is 41.5 Å². The van der Waals surface area contributed by atoms with Crippen LogP contribution in [0.15, 0.2) is 30.3 Å². The third-order valence-corrected chi connectivity index (χ3v) is 3.37. The highest BCUT2D eigenvalue weighted by molar-refractivity contribution is 7.99. The van der Waals surface area contributed by atoms with E-state index in [1.807, 2.05) is 42.1 Å². The summed E-state index contributed by atoms with van der Waals surface area (Å²) in [5.41, 5.74) is 0. The lowest BCUT2D eigenvalue weighted by Gasteiger charge is -2.15. The highest BCUT2D eigenvalue weighted by Gasteiger charge is 2.05. The van der Waals surface area contributed by atoms with Crippen LogP contribution >= 0.6 is 11.8 Å². The largest absolute Gasteiger partial charge is 0.491 e. The molecule has 17 heavy (non-hydrogen) atoms. The Kier molecular flexibility index (Phi) is 7.08. The van der Waals surface area contributed by atoms with Gasteiger partial charge in [0.1, 0.15) is 18.5 Å². The third kappa shape index (κ3) is 6.56. The molecule has 0 fully saturated rings. The van der Waals surface area contributed by atoms with Gasteiger partial charge in [0.25, 0.3) is 0 Å². The molecular formula is C13H21NO2S. The molecule has 0 aliphatic rings. The minimum absolute atomic E-state index is 0.324. The quantitative estimate of drug-likeness (QED) is 0.743. The van der Waals surface area contributed by atoms with Crippen molar-refractivity contribution < 1.29 is 9.84 Å². The number of hydrogen-bond donors (Lipinski definition) is 2. The second kappa shape index (κ2) is 8.39. The fourth-order valence-electron chi connectivity index (χ4n) is 1.30. The second-order valence-electron chi connectivity index (χ2n) is 3.98. The predicted octanol–water partition coefficient (Wildman–Crippen LogP) is 1.77. The van der Waals surface area contributed by atoms with Crippen molar-refractivity contribution in [2.45, 2.75) is 18.3 Å². The molecule has 0 saturated heterocycles. The Bertz CT molecular complexity index is 295. The van der Waals surface area contributed by atoms with Crippen LogP contribution in [0.3, 0.4) is 0 Å². The van der Waals surface area contributed by atoms with Crippen molar-refractivity contribution in [2.24, 2.45) is 0 Å². The van der Waals surface area contributed by atoms with E-state index in [0.717, 1.165) is 12.3 Å². The number of aliphatic hydroxyl groups is 1. The summed E-state index contributed by atoms with van der Waals surface area (Å²) in [4.78, 5) is 0. The molecule has 0 bridgehead atoms. The van der Waals surface area contributed by atoms with Crippen LogP contribution in [0.4, 0.5) is 0 Å². The van der Waals surface area contributed by atoms with E-state index in [4.69, 9.17) is 4.74 Å². The molecule has 1 aromatic carbocycles.